The largest absolute Gasteiger partial charge is 0.508 e. The molecule has 3 aromatic carbocycles. The van der Waals surface area contributed by atoms with Gasteiger partial charge in [0.05, 0.1) is 5.69 Å². The summed E-state index contributed by atoms with van der Waals surface area (Å²) in [7, 11) is 1.99. The van der Waals surface area contributed by atoms with Crippen LogP contribution < -0.4 is 15.1 Å². The van der Waals surface area contributed by atoms with Gasteiger partial charge in [-0.25, -0.2) is 0 Å². The van der Waals surface area contributed by atoms with E-state index in [2.05, 4.69) is 74.6 Å². The number of hydrogen-bond donors (Lipinski definition) is 2. The van der Waals surface area contributed by atoms with Crippen molar-refractivity contribution in [3.63, 3.8) is 0 Å². The number of imide groups is 1. The summed E-state index contributed by atoms with van der Waals surface area (Å²) in [5.74, 6) is 0.233. The molecule has 11 nitrogen and oxygen atoms in total. The van der Waals surface area contributed by atoms with Gasteiger partial charge in [0.15, 0.2) is 0 Å². The van der Waals surface area contributed by atoms with Crippen LogP contribution >= 0.6 is 0 Å². The Bertz CT molecular complexity index is 2210. The van der Waals surface area contributed by atoms with Gasteiger partial charge in [-0.15, -0.1) is 0 Å². The molecule has 0 spiro atoms. The van der Waals surface area contributed by atoms with E-state index < -0.39 is 6.04 Å². The Kier molecular flexibility index (Phi) is 9.65. The molecule has 5 aliphatic rings. The van der Waals surface area contributed by atoms with E-state index in [1.165, 1.54) is 51.9 Å². The van der Waals surface area contributed by atoms with Crippen LogP contribution in [0.3, 0.4) is 0 Å². The Labute approximate surface area is 328 Å². The van der Waals surface area contributed by atoms with Crippen molar-refractivity contribution in [2.75, 3.05) is 55.6 Å². The molecule has 1 aliphatic carbocycles. The van der Waals surface area contributed by atoms with Gasteiger partial charge in [0.2, 0.25) is 11.8 Å². The van der Waals surface area contributed by atoms with Crippen LogP contribution in [-0.2, 0) is 29.6 Å². The van der Waals surface area contributed by atoms with Crippen molar-refractivity contribution in [2.24, 2.45) is 13.0 Å². The molecule has 290 valence electrons. The monoisotopic (exact) mass is 753 g/mol. The Morgan fingerprint density at radius 1 is 0.768 bits per heavy atom. The Morgan fingerprint density at radius 2 is 1.50 bits per heavy atom. The molecule has 4 aromatic rings. The highest BCUT2D eigenvalue weighted by Crippen LogP contribution is 2.42. The lowest BCUT2D eigenvalue weighted by atomic mass is 9.87. The first-order valence-electron chi connectivity index (χ1n) is 20.3. The van der Waals surface area contributed by atoms with E-state index in [1.807, 2.05) is 36.0 Å². The van der Waals surface area contributed by atoms with Crippen molar-refractivity contribution in [1.82, 2.24) is 24.9 Å². The second kappa shape index (κ2) is 14.9. The fraction of sp³-hybridized carbons (Fsp3) is 0.422. The van der Waals surface area contributed by atoms with E-state index in [0.29, 0.717) is 30.2 Å². The minimum atomic E-state index is -0.589. The molecule has 56 heavy (non-hydrogen) atoms. The van der Waals surface area contributed by atoms with Crippen LogP contribution in [0.15, 0.2) is 66.9 Å². The van der Waals surface area contributed by atoms with Crippen molar-refractivity contribution >= 4 is 40.2 Å². The van der Waals surface area contributed by atoms with Crippen LogP contribution in [0.5, 0.6) is 5.75 Å². The molecular formula is C45H51N7O4. The number of nitrogens with one attached hydrogen (secondary N) is 1. The van der Waals surface area contributed by atoms with Crippen molar-refractivity contribution < 1.29 is 19.5 Å². The maximum atomic E-state index is 13.2. The predicted molar refractivity (Wildman–Crippen MR) is 217 cm³/mol. The molecule has 3 fully saturated rings. The van der Waals surface area contributed by atoms with Crippen molar-refractivity contribution in [2.45, 2.75) is 64.5 Å². The van der Waals surface area contributed by atoms with Gasteiger partial charge in [0, 0.05) is 94.5 Å². The number of amides is 3. The maximum Gasteiger partial charge on any atom is 0.255 e. The van der Waals surface area contributed by atoms with Crippen LogP contribution in [0.1, 0.15) is 82.4 Å². The minimum Gasteiger partial charge on any atom is -0.508 e. The molecule has 4 aliphatic heterocycles. The SMILES string of the molecule is Cc1nn(C)cc1C1=C(c2ccc(N3CCC(CN4CCN(c5ccc6c(c5)CN([C@H]5CCC(=O)NC5=O)C6=O)CC4)CC3)cc2)c2ccc(O)cc2CCC1. The van der Waals surface area contributed by atoms with Gasteiger partial charge in [0.1, 0.15) is 11.8 Å². The number of nitrogens with zero attached hydrogens (tertiary/aromatic N) is 6. The zero-order valence-electron chi connectivity index (χ0n) is 32.5. The zero-order chi connectivity index (χ0) is 38.5. The van der Waals surface area contributed by atoms with Crippen LogP contribution in [0.4, 0.5) is 11.4 Å². The lowest BCUT2D eigenvalue weighted by Gasteiger charge is -2.40. The summed E-state index contributed by atoms with van der Waals surface area (Å²) < 4.78 is 1.91. The second-order valence-electron chi connectivity index (χ2n) is 16.4. The molecule has 11 heteroatoms. The van der Waals surface area contributed by atoms with Gasteiger partial charge in [-0.3, -0.25) is 29.3 Å². The maximum absolute atomic E-state index is 13.2. The minimum absolute atomic E-state index is 0.124. The molecule has 0 unspecified atom stereocenters. The van der Waals surface area contributed by atoms with Gasteiger partial charge in [-0.1, -0.05) is 18.2 Å². The number of aromatic hydroxyl groups is 1. The molecule has 1 aromatic heterocycles. The van der Waals surface area contributed by atoms with E-state index >= 15 is 0 Å². The predicted octanol–water partition coefficient (Wildman–Crippen LogP) is 5.53. The smallest absolute Gasteiger partial charge is 0.255 e. The van der Waals surface area contributed by atoms with Gasteiger partial charge in [-0.05, 0) is 127 Å². The fourth-order valence-corrected chi connectivity index (χ4v) is 9.79. The summed E-state index contributed by atoms with van der Waals surface area (Å²) >= 11 is 0. The topological polar surface area (TPSA) is 114 Å². The number of phenols is 1. The normalized spacial score (nSPS) is 21.0. The number of carbonyl (C=O) groups is 3. The Hall–Kier alpha value is -5.42. The first kappa shape index (κ1) is 36.2. The highest BCUT2D eigenvalue weighted by molar-refractivity contribution is 6.05. The summed E-state index contributed by atoms with van der Waals surface area (Å²) in [6, 6.07) is 20.5. The molecule has 1 atom stereocenters. The van der Waals surface area contributed by atoms with Gasteiger partial charge < -0.3 is 19.8 Å². The average Bonchev–Trinajstić information content (AvgIpc) is 3.64. The van der Waals surface area contributed by atoms with E-state index in [0.717, 1.165) is 82.0 Å². The second-order valence-corrected chi connectivity index (χ2v) is 16.4. The zero-order valence-corrected chi connectivity index (χ0v) is 32.5. The standard InChI is InChI=1S/C45H51N7O4/c1-29-40(28-48(2)47-29)39-5-3-4-32-25-36(53)11-13-37(32)43(39)31-6-8-34(9-7-31)50-18-16-30(17-19-50)26-49-20-22-51(23-21-49)35-10-12-38-33(24-35)27-52(45(38)56)41-14-15-42(54)46-44(41)55/h6-13,24-25,28,30,41,53H,3-5,14-23,26-27H2,1-2H3,(H,46,54,55)/t41-/m0/s1. The number of aryl methyl sites for hydroxylation is 3. The van der Waals surface area contributed by atoms with Gasteiger partial charge >= 0.3 is 0 Å². The summed E-state index contributed by atoms with van der Waals surface area (Å²) in [5.41, 5.74) is 12.5. The molecule has 0 radical (unpaired) electrons. The number of piperidine rings is 2. The van der Waals surface area contributed by atoms with Crippen molar-refractivity contribution in [3.05, 3.63) is 106 Å². The average molecular weight is 754 g/mol. The number of phenolic OH excluding ortho intramolecular Hbond substituents is 1. The lowest BCUT2D eigenvalue weighted by molar-refractivity contribution is -0.136. The third kappa shape index (κ3) is 6.97. The Morgan fingerprint density at radius 3 is 2.23 bits per heavy atom. The van der Waals surface area contributed by atoms with E-state index in [9.17, 15) is 19.5 Å². The molecule has 5 heterocycles. The van der Waals surface area contributed by atoms with E-state index in [-0.39, 0.29) is 24.1 Å². The number of anilines is 2. The van der Waals surface area contributed by atoms with Crippen molar-refractivity contribution in [1.29, 1.82) is 0 Å². The molecule has 0 bridgehead atoms. The number of benzene rings is 3. The third-order valence-corrected chi connectivity index (χ3v) is 12.8. The van der Waals surface area contributed by atoms with E-state index in [4.69, 9.17) is 0 Å². The van der Waals surface area contributed by atoms with Crippen LogP contribution in [-0.4, -0.2) is 94.3 Å². The number of rotatable bonds is 7. The van der Waals surface area contributed by atoms with E-state index in [1.54, 1.807) is 4.90 Å². The summed E-state index contributed by atoms with van der Waals surface area (Å²) in [5, 5.41) is 17.4. The summed E-state index contributed by atoms with van der Waals surface area (Å²) in [4.78, 5) is 46.5. The molecule has 2 N–H and O–H groups in total. The number of fused-ring (bicyclic) bond motifs is 2. The Balaban J connectivity index is 0.805. The highest BCUT2D eigenvalue weighted by atomic mass is 16.3. The number of carbonyl (C=O) groups excluding carboxylic acids is 3. The molecule has 0 saturated carbocycles. The van der Waals surface area contributed by atoms with Crippen LogP contribution in [0.25, 0.3) is 11.1 Å². The summed E-state index contributed by atoms with van der Waals surface area (Å²) in [6.45, 7) is 9.65. The molecule has 3 amide bonds. The molecular weight excluding hydrogens is 703 g/mol. The molecule has 9 rings (SSSR count). The van der Waals surface area contributed by atoms with Crippen LogP contribution in [0, 0.1) is 12.8 Å². The quantitative estimate of drug-likeness (QED) is 0.237. The highest BCUT2D eigenvalue weighted by Gasteiger charge is 2.39. The van der Waals surface area contributed by atoms with Gasteiger partial charge in [0.25, 0.3) is 5.91 Å². The number of allylic oxidation sites excluding steroid dienone is 1. The number of aromatic nitrogens is 2. The van der Waals surface area contributed by atoms with Crippen LogP contribution in [0.2, 0.25) is 0 Å². The van der Waals surface area contributed by atoms with Crippen molar-refractivity contribution in [3.8, 4) is 5.75 Å². The first-order chi connectivity index (χ1) is 27.2. The number of piperazine rings is 1. The summed E-state index contributed by atoms with van der Waals surface area (Å²) in [6.07, 6.45) is 8.07. The molecule has 3 saturated heterocycles. The lowest BCUT2D eigenvalue weighted by Crippen LogP contribution is -2.52. The fourth-order valence-electron chi connectivity index (χ4n) is 9.79. The van der Waals surface area contributed by atoms with Gasteiger partial charge in [-0.2, -0.15) is 5.10 Å². The third-order valence-electron chi connectivity index (χ3n) is 12.8. The number of hydrogen-bond acceptors (Lipinski definition) is 8. The first-order valence-corrected chi connectivity index (χ1v) is 20.3.